The van der Waals surface area contributed by atoms with E-state index in [1.165, 1.54) is 32.4 Å². The van der Waals surface area contributed by atoms with Gasteiger partial charge in [-0.25, -0.2) is 0 Å². The van der Waals surface area contributed by atoms with Gasteiger partial charge in [0.05, 0.1) is 19.0 Å². The molecule has 1 aromatic heterocycles. The quantitative estimate of drug-likeness (QED) is 0.667. The standard InChI is InChI=1S/C15H26N2O3/c18-14(12-19-13-15-5-4-10-20-15)11-16-6-9-17-7-2-1-3-8-17/h4-5,10,14,16,18H,1-3,6-9,11-13H2. The third kappa shape index (κ3) is 6.05. The Kier molecular flexibility index (Phi) is 7.08. The Labute approximate surface area is 120 Å². The third-order valence-corrected chi connectivity index (χ3v) is 3.57. The predicted molar refractivity (Wildman–Crippen MR) is 77.5 cm³/mol. The first kappa shape index (κ1) is 15.5. The molecule has 1 aromatic rings. The fraction of sp³-hybridized carbons (Fsp3) is 0.733. The second kappa shape index (κ2) is 9.13. The van der Waals surface area contributed by atoms with E-state index in [9.17, 15) is 5.11 Å². The van der Waals surface area contributed by atoms with Crippen molar-refractivity contribution in [2.24, 2.45) is 0 Å². The molecule has 114 valence electrons. The van der Waals surface area contributed by atoms with Gasteiger partial charge >= 0.3 is 0 Å². The highest BCUT2D eigenvalue weighted by Gasteiger charge is 2.09. The lowest BCUT2D eigenvalue weighted by molar-refractivity contribution is 0.0225. The largest absolute Gasteiger partial charge is 0.467 e. The van der Waals surface area contributed by atoms with Crippen LogP contribution in [0.1, 0.15) is 25.0 Å². The Bertz CT molecular complexity index is 337. The van der Waals surface area contributed by atoms with Gasteiger partial charge in [-0.05, 0) is 38.1 Å². The maximum atomic E-state index is 9.78. The molecule has 1 aliphatic heterocycles. The van der Waals surface area contributed by atoms with Crippen LogP contribution in [0.15, 0.2) is 22.8 Å². The molecular weight excluding hydrogens is 256 g/mol. The minimum Gasteiger partial charge on any atom is -0.467 e. The molecule has 2 N–H and O–H groups in total. The normalized spacial score (nSPS) is 18.2. The zero-order valence-electron chi connectivity index (χ0n) is 12.1. The van der Waals surface area contributed by atoms with Crippen LogP contribution in [-0.2, 0) is 11.3 Å². The lowest BCUT2D eigenvalue weighted by atomic mass is 10.1. The molecule has 5 nitrogen and oxygen atoms in total. The Morgan fingerprint density at radius 2 is 2.20 bits per heavy atom. The van der Waals surface area contributed by atoms with E-state index in [1.54, 1.807) is 6.26 Å². The maximum Gasteiger partial charge on any atom is 0.129 e. The molecule has 1 unspecified atom stereocenters. The number of nitrogens with one attached hydrogen (secondary N) is 1. The first-order valence-electron chi connectivity index (χ1n) is 7.56. The van der Waals surface area contributed by atoms with Crippen molar-refractivity contribution in [3.8, 4) is 0 Å². The first-order valence-corrected chi connectivity index (χ1v) is 7.56. The van der Waals surface area contributed by atoms with Crippen molar-refractivity contribution in [1.29, 1.82) is 0 Å². The van der Waals surface area contributed by atoms with Gasteiger partial charge in [-0.15, -0.1) is 0 Å². The molecule has 5 heteroatoms. The lowest BCUT2D eigenvalue weighted by Crippen LogP contribution is -2.38. The number of hydrogen-bond donors (Lipinski definition) is 2. The number of piperidine rings is 1. The molecule has 0 saturated carbocycles. The molecule has 0 amide bonds. The summed E-state index contributed by atoms with van der Waals surface area (Å²) in [5.74, 6) is 0.787. The second-order valence-electron chi connectivity index (χ2n) is 5.35. The van der Waals surface area contributed by atoms with E-state index >= 15 is 0 Å². The van der Waals surface area contributed by atoms with E-state index in [2.05, 4.69) is 10.2 Å². The average Bonchev–Trinajstić information content (AvgIpc) is 2.98. The fourth-order valence-corrected chi connectivity index (χ4v) is 2.44. The van der Waals surface area contributed by atoms with E-state index in [0.717, 1.165) is 18.8 Å². The highest BCUT2D eigenvalue weighted by atomic mass is 16.5. The number of aliphatic hydroxyl groups excluding tert-OH is 1. The zero-order valence-corrected chi connectivity index (χ0v) is 12.1. The van der Waals surface area contributed by atoms with Crippen LogP contribution in [-0.4, -0.2) is 55.4 Å². The summed E-state index contributed by atoms with van der Waals surface area (Å²) in [6.07, 6.45) is 5.17. The van der Waals surface area contributed by atoms with Crippen LogP contribution >= 0.6 is 0 Å². The number of furan rings is 1. The summed E-state index contributed by atoms with van der Waals surface area (Å²) >= 11 is 0. The highest BCUT2D eigenvalue weighted by molar-refractivity contribution is 4.96. The van der Waals surface area contributed by atoms with Crippen LogP contribution in [0, 0.1) is 0 Å². The molecule has 1 fully saturated rings. The van der Waals surface area contributed by atoms with Crippen molar-refractivity contribution in [2.45, 2.75) is 32.0 Å². The Hall–Kier alpha value is -0.880. The topological polar surface area (TPSA) is 57.9 Å². The average molecular weight is 282 g/mol. The molecule has 2 heterocycles. The molecule has 1 atom stereocenters. The van der Waals surface area contributed by atoms with Crippen molar-refractivity contribution < 1.29 is 14.3 Å². The van der Waals surface area contributed by atoms with Crippen molar-refractivity contribution in [1.82, 2.24) is 10.2 Å². The first-order chi connectivity index (χ1) is 9.84. The van der Waals surface area contributed by atoms with Crippen LogP contribution in [0.25, 0.3) is 0 Å². The Morgan fingerprint density at radius 1 is 1.35 bits per heavy atom. The van der Waals surface area contributed by atoms with E-state index < -0.39 is 6.10 Å². The van der Waals surface area contributed by atoms with Gasteiger partial charge in [0.15, 0.2) is 0 Å². The molecule has 1 saturated heterocycles. The summed E-state index contributed by atoms with van der Waals surface area (Å²) in [7, 11) is 0. The van der Waals surface area contributed by atoms with E-state index in [1.807, 2.05) is 12.1 Å². The summed E-state index contributed by atoms with van der Waals surface area (Å²) in [4.78, 5) is 2.48. The minimum atomic E-state index is -0.466. The predicted octanol–water partition coefficient (Wildman–Crippen LogP) is 1.23. The summed E-state index contributed by atoms with van der Waals surface area (Å²) in [5.41, 5.74) is 0. The van der Waals surface area contributed by atoms with Gasteiger partial charge in [0.25, 0.3) is 0 Å². The summed E-state index contributed by atoms with van der Waals surface area (Å²) in [6.45, 7) is 5.75. The van der Waals surface area contributed by atoms with E-state index in [0.29, 0.717) is 19.8 Å². The van der Waals surface area contributed by atoms with Gasteiger partial charge in [0, 0.05) is 19.6 Å². The van der Waals surface area contributed by atoms with Crippen LogP contribution in [0.3, 0.4) is 0 Å². The molecular formula is C15H26N2O3. The SMILES string of the molecule is OC(CNCCN1CCCCC1)COCc1ccco1. The number of likely N-dealkylation sites (tertiary alicyclic amines) is 1. The molecule has 0 spiro atoms. The monoisotopic (exact) mass is 282 g/mol. The van der Waals surface area contributed by atoms with Gasteiger partial charge in [-0.1, -0.05) is 6.42 Å². The number of ether oxygens (including phenoxy) is 1. The van der Waals surface area contributed by atoms with E-state index in [4.69, 9.17) is 9.15 Å². The molecule has 0 bridgehead atoms. The van der Waals surface area contributed by atoms with Crippen LogP contribution in [0.2, 0.25) is 0 Å². The molecule has 0 radical (unpaired) electrons. The summed E-state index contributed by atoms with van der Waals surface area (Å²) in [6, 6.07) is 3.69. The summed E-state index contributed by atoms with van der Waals surface area (Å²) in [5, 5.41) is 13.1. The van der Waals surface area contributed by atoms with Crippen molar-refractivity contribution in [2.75, 3.05) is 39.3 Å². The lowest BCUT2D eigenvalue weighted by Gasteiger charge is -2.26. The fourth-order valence-electron chi connectivity index (χ4n) is 2.44. The Balaban J connectivity index is 1.44. The zero-order chi connectivity index (χ0) is 14.0. The maximum absolute atomic E-state index is 9.78. The molecule has 20 heavy (non-hydrogen) atoms. The second-order valence-corrected chi connectivity index (χ2v) is 5.35. The minimum absolute atomic E-state index is 0.331. The van der Waals surface area contributed by atoms with Gasteiger partial charge in [-0.2, -0.15) is 0 Å². The van der Waals surface area contributed by atoms with Gasteiger partial charge in [0.2, 0.25) is 0 Å². The number of hydrogen-bond acceptors (Lipinski definition) is 5. The number of nitrogens with zero attached hydrogens (tertiary/aromatic N) is 1. The highest BCUT2D eigenvalue weighted by Crippen LogP contribution is 2.07. The van der Waals surface area contributed by atoms with E-state index in [-0.39, 0.29) is 0 Å². The Morgan fingerprint density at radius 3 is 2.95 bits per heavy atom. The van der Waals surface area contributed by atoms with Crippen molar-refractivity contribution >= 4 is 0 Å². The van der Waals surface area contributed by atoms with Crippen LogP contribution in [0.5, 0.6) is 0 Å². The summed E-state index contributed by atoms with van der Waals surface area (Å²) < 4.78 is 10.5. The van der Waals surface area contributed by atoms with Gasteiger partial charge in [0.1, 0.15) is 12.4 Å². The number of aliphatic hydroxyl groups is 1. The van der Waals surface area contributed by atoms with Crippen LogP contribution in [0.4, 0.5) is 0 Å². The number of rotatable bonds is 9. The van der Waals surface area contributed by atoms with Crippen LogP contribution < -0.4 is 5.32 Å². The molecule has 2 rings (SSSR count). The van der Waals surface area contributed by atoms with Gasteiger partial charge in [-0.3, -0.25) is 0 Å². The molecule has 0 aliphatic carbocycles. The van der Waals surface area contributed by atoms with Gasteiger partial charge < -0.3 is 24.5 Å². The molecule has 0 aromatic carbocycles. The van der Waals surface area contributed by atoms with Crippen molar-refractivity contribution in [3.63, 3.8) is 0 Å². The van der Waals surface area contributed by atoms with Crippen molar-refractivity contribution in [3.05, 3.63) is 24.2 Å². The third-order valence-electron chi connectivity index (χ3n) is 3.57. The molecule has 1 aliphatic rings. The smallest absolute Gasteiger partial charge is 0.129 e.